The van der Waals surface area contributed by atoms with Crippen molar-refractivity contribution in [2.45, 2.75) is 43.8 Å². The molecule has 1 saturated heterocycles. The third kappa shape index (κ3) is 8.17. The van der Waals surface area contributed by atoms with Crippen molar-refractivity contribution in [3.63, 3.8) is 0 Å². The number of halogens is 4. The zero-order chi connectivity index (χ0) is 29.4. The Kier molecular flexibility index (Phi) is 11.0. The standard InChI is InChI=1S/C29H32Cl2F2N2O6/c30-21-6-8-24-20(15-21)17-26(41-24)29(32,33)28(38)34-23(18-35-9-1-2-10-35)27(37)19-5-7-25(22(31)16-19)40-14-4-13-39-12-3-11-36/h5-8,11,15-17,23,27,37H,1-4,9-10,12-14,18H2,(H,34,38)/t23-,27-/m1/s1. The Bertz CT molecular complexity index is 1330. The molecule has 0 bridgehead atoms. The Morgan fingerprint density at radius 3 is 2.63 bits per heavy atom. The molecule has 222 valence electrons. The molecule has 2 N–H and O–H groups in total. The van der Waals surface area contributed by atoms with E-state index in [9.17, 15) is 14.7 Å². The lowest BCUT2D eigenvalue weighted by Gasteiger charge is -2.30. The summed E-state index contributed by atoms with van der Waals surface area (Å²) in [5.41, 5.74) is 0.513. The van der Waals surface area contributed by atoms with Gasteiger partial charge < -0.3 is 34.0 Å². The van der Waals surface area contributed by atoms with Gasteiger partial charge in [-0.25, -0.2) is 0 Å². The first-order valence-electron chi connectivity index (χ1n) is 13.4. The van der Waals surface area contributed by atoms with Crippen LogP contribution in [0.5, 0.6) is 5.75 Å². The molecule has 12 heteroatoms. The number of hydrogen-bond donors (Lipinski definition) is 2. The van der Waals surface area contributed by atoms with Gasteiger partial charge in [0, 0.05) is 36.4 Å². The predicted molar refractivity (Wildman–Crippen MR) is 151 cm³/mol. The van der Waals surface area contributed by atoms with Crippen LogP contribution >= 0.6 is 23.2 Å². The quantitative estimate of drug-likeness (QED) is 0.172. The van der Waals surface area contributed by atoms with Gasteiger partial charge in [-0.15, -0.1) is 0 Å². The molecule has 1 aromatic heterocycles. The Labute approximate surface area is 246 Å². The van der Waals surface area contributed by atoms with Gasteiger partial charge in [0.25, 0.3) is 5.91 Å². The fourth-order valence-corrected chi connectivity index (χ4v) is 5.06. The maximum Gasteiger partial charge on any atom is 0.380 e. The van der Waals surface area contributed by atoms with Crippen LogP contribution in [0, 0.1) is 0 Å². The number of likely N-dealkylation sites (tertiary alicyclic amines) is 1. The summed E-state index contributed by atoms with van der Waals surface area (Å²) in [6.07, 6.45) is 2.25. The molecule has 2 aromatic carbocycles. The van der Waals surface area contributed by atoms with E-state index < -0.39 is 29.7 Å². The van der Waals surface area contributed by atoms with Crippen molar-refractivity contribution in [1.82, 2.24) is 10.2 Å². The summed E-state index contributed by atoms with van der Waals surface area (Å²) in [5.74, 6) is -6.03. The summed E-state index contributed by atoms with van der Waals surface area (Å²) in [4.78, 5) is 25.2. The Hall–Kier alpha value is -2.76. The Morgan fingerprint density at radius 2 is 1.90 bits per heavy atom. The molecule has 0 saturated carbocycles. The maximum absolute atomic E-state index is 15.3. The number of carbonyl (C=O) groups is 2. The van der Waals surface area contributed by atoms with Crippen molar-refractivity contribution in [3.05, 3.63) is 63.8 Å². The largest absolute Gasteiger partial charge is 0.492 e. The Balaban J connectivity index is 1.45. The molecule has 0 aliphatic carbocycles. The van der Waals surface area contributed by atoms with Gasteiger partial charge >= 0.3 is 5.92 Å². The molecule has 2 atom stereocenters. The van der Waals surface area contributed by atoms with Gasteiger partial charge in [0.2, 0.25) is 0 Å². The zero-order valence-electron chi connectivity index (χ0n) is 22.3. The van der Waals surface area contributed by atoms with Gasteiger partial charge in [0.05, 0.1) is 24.3 Å². The molecule has 0 unspecified atom stereocenters. The Morgan fingerprint density at radius 1 is 1.12 bits per heavy atom. The van der Waals surface area contributed by atoms with Crippen LogP contribution in [0.2, 0.25) is 10.0 Å². The number of nitrogens with one attached hydrogen (secondary N) is 1. The minimum Gasteiger partial charge on any atom is -0.492 e. The van der Waals surface area contributed by atoms with Gasteiger partial charge in [-0.1, -0.05) is 29.3 Å². The normalized spacial score (nSPS) is 15.6. The van der Waals surface area contributed by atoms with E-state index in [1.54, 1.807) is 12.1 Å². The molecule has 0 spiro atoms. The van der Waals surface area contributed by atoms with Crippen LogP contribution < -0.4 is 10.1 Å². The lowest BCUT2D eigenvalue weighted by atomic mass is 10.0. The maximum atomic E-state index is 15.3. The van der Waals surface area contributed by atoms with Gasteiger partial charge in [-0.3, -0.25) is 4.79 Å². The topological polar surface area (TPSA) is 101 Å². The number of amides is 1. The molecule has 41 heavy (non-hydrogen) atoms. The second-order valence-corrected chi connectivity index (χ2v) is 10.7. The number of aldehydes is 1. The van der Waals surface area contributed by atoms with Gasteiger partial charge in [-0.2, -0.15) is 8.78 Å². The smallest absolute Gasteiger partial charge is 0.380 e. The molecule has 0 radical (unpaired) electrons. The lowest BCUT2D eigenvalue weighted by Crippen LogP contribution is -2.50. The number of benzene rings is 2. The number of rotatable bonds is 15. The number of alkyl halides is 2. The summed E-state index contributed by atoms with van der Waals surface area (Å²) in [6.45, 7) is 2.72. The third-order valence-electron chi connectivity index (χ3n) is 6.79. The van der Waals surface area contributed by atoms with Crippen LogP contribution in [0.4, 0.5) is 8.78 Å². The number of carbonyl (C=O) groups excluding carboxylic acids is 2. The first kappa shape index (κ1) is 31.2. The number of furan rings is 1. The van der Waals surface area contributed by atoms with Crippen molar-refractivity contribution >= 4 is 46.4 Å². The minimum absolute atomic E-state index is 0.165. The van der Waals surface area contributed by atoms with E-state index in [0.29, 0.717) is 54.4 Å². The highest BCUT2D eigenvalue weighted by molar-refractivity contribution is 6.32. The number of aliphatic hydroxyl groups is 1. The van der Waals surface area contributed by atoms with E-state index >= 15 is 8.78 Å². The van der Waals surface area contributed by atoms with E-state index in [0.717, 1.165) is 38.3 Å². The van der Waals surface area contributed by atoms with Crippen LogP contribution in [0.1, 0.15) is 43.1 Å². The van der Waals surface area contributed by atoms with Crippen LogP contribution in [-0.4, -0.2) is 67.7 Å². The van der Waals surface area contributed by atoms with Gasteiger partial charge in [0.15, 0.2) is 5.76 Å². The van der Waals surface area contributed by atoms with Crippen LogP contribution in [0.15, 0.2) is 46.9 Å². The number of hydrogen-bond acceptors (Lipinski definition) is 7. The second kappa shape index (κ2) is 14.4. The summed E-state index contributed by atoms with van der Waals surface area (Å²) < 4.78 is 46.8. The molecule has 1 aliphatic rings. The highest BCUT2D eigenvalue weighted by Crippen LogP contribution is 2.35. The zero-order valence-corrected chi connectivity index (χ0v) is 23.8. The average Bonchev–Trinajstić information content (AvgIpc) is 3.62. The van der Waals surface area contributed by atoms with Gasteiger partial charge in [0.1, 0.15) is 23.7 Å². The van der Waals surface area contributed by atoms with E-state index in [1.165, 1.54) is 24.3 Å². The monoisotopic (exact) mass is 612 g/mol. The van der Waals surface area contributed by atoms with Crippen molar-refractivity contribution in [2.24, 2.45) is 0 Å². The SMILES string of the molecule is O=CCCOCCCOc1ccc([C@@H](O)[C@@H](CN2CCCC2)NC(=O)C(F)(F)c2cc3cc(Cl)ccc3o2)cc1Cl. The molecule has 8 nitrogen and oxygen atoms in total. The van der Waals surface area contributed by atoms with Gasteiger partial charge in [-0.05, 0) is 67.9 Å². The first-order chi connectivity index (χ1) is 19.7. The number of nitrogens with zero attached hydrogens (tertiary/aromatic N) is 1. The molecule has 3 aromatic rings. The molecule has 4 rings (SSSR count). The summed E-state index contributed by atoms with van der Waals surface area (Å²) in [6, 6.07) is 9.11. The molecule has 1 amide bonds. The molecule has 1 aliphatic heterocycles. The van der Waals surface area contributed by atoms with Crippen LogP contribution in [-0.2, 0) is 20.2 Å². The van der Waals surface area contributed by atoms with E-state index in [4.69, 9.17) is 37.1 Å². The fourth-order valence-electron chi connectivity index (χ4n) is 4.63. The second-order valence-electron chi connectivity index (χ2n) is 9.86. The van der Waals surface area contributed by atoms with Crippen molar-refractivity contribution in [3.8, 4) is 5.75 Å². The van der Waals surface area contributed by atoms with Crippen LogP contribution in [0.3, 0.4) is 0 Å². The first-order valence-corrected chi connectivity index (χ1v) is 14.2. The predicted octanol–water partition coefficient (Wildman–Crippen LogP) is 5.52. The molecular weight excluding hydrogens is 581 g/mol. The highest BCUT2D eigenvalue weighted by atomic mass is 35.5. The molecule has 2 heterocycles. The molecular formula is C29H32Cl2F2N2O6. The lowest BCUT2D eigenvalue weighted by molar-refractivity contribution is -0.151. The summed E-state index contributed by atoms with van der Waals surface area (Å²) >= 11 is 12.3. The van der Waals surface area contributed by atoms with Crippen LogP contribution in [0.25, 0.3) is 11.0 Å². The minimum atomic E-state index is -4.00. The number of fused-ring (bicyclic) bond motifs is 1. The molecule has 1 fully saturated rings. The number of aliphatic hydroxyl groups excluding tert-OH is 1. The van der Waals surface area contributed by atoms with E-state index in [1.807, 2.05) is 4.90 Å². The van der Waals surface area contributed by atoms with Crippen molar-refractivity contribution < 1.29 is 37.4 Å². The highest BCUT2D eigenvalue weighted by Gasteiger charge is 2.46. The van der Waals surface area contributed by atoms with E-state index in [-0.39, 0.29) is 17.2 Å². The van der Waals surface area contributed by atoms with Crippen molar-refractivity contribution in [1.29, 1.82) is 0 Å². The number of ether oxygens (including phenoxy) is 2. The summed E-state index contributed by atoms with van der Waals surface area (Å²) in [5, 5.41) is 14.5. The summed E-state index contributed by atoms with van der Waals surface area (Å²) in [7, 11) is 0. The average molecular weight is 613 g/mol. The third-order valence-corrected chi connectivity index (χ3v) is 7.32. The fraction of sp³-hybridized carbons (Fsp3) is 0.448. The van der Waals surface area contributed by atoms with E-state index in [2.05, 4.69) is 5.32 Å². The van der Waals surface area contributed by atoms with Crippen molar-refractivity contribution in [2.75, 3.05) is 39.5 Å².